The number of benzene rings is 1. The van der Waals surface area contributed by atoms with Gasteiger partial charge in [0.2, 0.25) is 0 Å². The van der Waals surface area contributed by atoms with Crippen LogP contribution >= 0.6 is 0 Å². The first kappa shape index (κ1) is 15.0. The van der Waals surface area contributed by atoms with Gasteiger partial charge in [-0.25, -0.2) is 0 Å². The monoisotopic (exact) mass is 252 g/mol. The summed E-state index contributed by atoms with van der Waals surface area (Å²) in [4.78, 5) is 2.05. The molecule has 1 unspecified atom stereocenters. The number of ether oxygens (including phenoxy) is 1. The molecule has 0 heterocycles. The zero-order chi connectivity index (χ0) is 13.8. The summed E-state index contributed by atoms with van der Waals surface area (Å²) in [7, 11) is 3.62. The quantitative estimate of drug-likeness (QED) is 0.803. The van der Waals surface area contributed by atoms with Gasteiger partial charge in [0.05, 0.1) is 18.8 Å². The largest absolute Gasteiger partial charge is 0.496 e. The summed E-state index contributed by atoms with van der Waals surface area (Å²) in [6, 6.07) is 7.88. The van der Waals surface area contributed by atoms with Crippen LogP contribution in [0.1, 0.15) is 25.5 Å². The smallest absolute Gasteiger partial charge is 0.123 e. The molecule has 0 saturated heterocycles. The standard InChI is InChI=1S/C14H24N2O2/c1-14(2,17)10-16(3)12(9-15)11-7-5-6-8-13(11)18-4/h5-8,12,17H,9-10,15H2,1-4H3. The fraction of sp³-hybridized carbons (Fsp3) is 0.571. The molecule has 0 spiro atoms. The number of para-hydroxylation sites is 1. The van der Waals surface area contributed by atoms with Crippen LogP contribution in [0, 0.1) is 0 Å². The molecule has 4 heteroatoms. The molecule has 1 atom stereocenters. The molecule has 18 heavy (non-hydrogen) atoms. The van der Waals surface area contributed by atoms with Crippen LogP contribution in [-0.2, 0) is 0 Å². The zero-order valence-electron chi connectivity index (χ0n) is 11.7. The van der Waals surface area contributed by atoms with Crippen molar-refractivity contribution < 1.29 is 9.84 Å². The Morgan fingerprint density at radius 1 is 1.39 bits per heavy atom. The number of methoxy groups -OCH3 is 1. The van der Waals surface area contributed by atoms with Gasteiger partial charge in [-0.1, -0.05) is 18.2 Å². The number of rotatable bonds is 6. The van der Waals surface area contributed by atoms with Crippen LogP contribution in [0.15, 0.2) is 24.3 Å². The van der Waals surface area contributed by atoms with Crippen LogP contribution < -0.4 is 10.5 Å². The van der Waals surface area contributed by atoms with Crippen molar-refractivity contribution >= 4 is 0 Å². The van der Waals surface area contributed by atoms with Crippen molar-refractivity contribution in [3.63, 3.8) is 0 Å². The minimum atomic E-state index is -0.746. The molecule has 1 aromatic rings. The second-order valence-corrected chi connectivity index (χ2v) is 5.22. The highest BCUT2D eigenvalue weighted by Crippen LogP contribution is 2.28. The third-order valence-electron chi connectivity index (χ3n) is 2.89. The van der Waals surface area contributed by atoms with Crippen LogP contribution in [0.3, 0.4) is 0 Å². The van der Waals surface area contributed by atoms with E-state index in [1.165, 1.54) is 0 Å². The first-order chi connectivity index (χ1) is 8.39. The van der Waals surface area contributed by atoms with Crippen LogP contribution in [-0.4, -0.2) is 42.9 Å². The van der Waals surface area contributed by atoms with Gasteiger partial charge in [0, 0.05) is 18.7 Å². The number of likely N-dealkylation sites (N-methyl/N-ethyl adjacent to an activating group) is 1. The number of hydrogen-bond donors (Lipinski definition) is 2. The summed E-state index contributed by atoms with van der Waals surface area (Å²) in [5.74, 6) is 0.829. The van der Waals surface area contributed by atoms with E-state index in [1.54, 1.807) is 21.0 Å². The minimum absolute atomic E-state index is 0.0348. The van der Waals surface area contributed by atoms with Gasteiger partial charge in [-0.15, -0.1) is 0 Å². The van der Waals surface area contributed by atoms with E-state index < -0.39 is 5.60 Å². The van der Waals surface area contributed by atoms with Crippen LogP contribution in [0.5, 0.6) is 5.75 Å². The second-order valence-electron chi connectivity index (χ2n) is 5.22. The summed E-state index contributed by atoms with van der Waals surface area (Å²) < 4.78 is 5.36. The molecule has 0 radical (unpaired) electrons. The number of hydrogen-bond acceptors (Lipinski definition) is 4. The molecule has 0 amide bonds. The summed E-state index contributed by atoms with van der Waals surface area (Å²) in [6.45, 7) is 4.61. The normalized spacial score (nSPS) is 13.7. The summed E-state index contributed by atoms with van der Waals surface area (Å²) in [6.07, 6.45) is 0. The van der Waals surface area contributed by atoms with Crippen LogP contribution in [0.2, 0.25) is 0 Å². The lowest BCUT2D eigenvalue weighted by Gasteiger charge is -2.32. The Bertz CT molecular complexity index is 374. The van der Waals surface area contributed by atoms with Crippen molar-refractivity contribution in [2.45, 2.75) is 25.5 Å². The average Bonchev–Trinajstić information content (AvgIpc) is 2.28. The predicted molar refractivity (Wildman–Crippen MR) is 73.7 cm³/mol. The van der Waals surface area contributed by atoms with Crippen molar-refractivity contribution in [2.24, 2.45) is 5.73 Å². The Balaban J connectivity index is 2.95. The minimum Gasteiger partial charge on any atom is -0.496 e. The number of nitrogens with zero attached hydrogens (tertiary/aromatic N) is 1. The van der Waals surface area contributed by atoms with Gasteiger partial charge in [-0.3, -0.25) is 4.90 Å². The third kappa shape index (κ3) is 3.98. The van der Waals surface area contributed by atoms with E-state index >= 15 is 0 Å². The highest BCUT2D eigenvalue weighted by atomic mass is 16.5. The van der Waals surface area contributed by atoms with Gasteiger partial charge in [0.15, 0.2) is 0 Å². The Hall–Kier alpha value is -1.10. The third-order valence-corrected chi connectivity index (χ3v) is 2.89. The molecular formula is C14H24N2O2. The van der Waals surface area contributed by atoms with E-state index in [2.05, 4.69) is 4.90 Å². The second kappa shape index (κ2) is 6.18. The fourth-order valence-electron chi connectivity index (χ4n) is 2.21. The molecule has 0 aliphatic heterocycles. The topological polar surface area (TPSA) is 58.7 Å². The van der Waals surface area contributed by atoms with Crippen LogP contribution in [0.25, 0.3) is 0 Å². The molecule has 1 aromatic carbocycles. The molecular weight excluding hydrogens is 228 g/mol. The first-order valence-electron chi connectivity index (χ1n) is 6.14. The van der Waals surface area contributed by atoms with Gasteiger partial charge in [0.25, 0.3) is 0 Å². The molecule has 1 rings (SSSR count). The van der Waals surface area contributed by atoms with Gasteiger partial charge in [0.1, 0.15) is 5.75 Å². The molecule has 3 N–H and O–H groups in total. The van der Waals surface area contributed by atoms with Gasteiger partial charge in [-0.05, 0) is 27.0 Å². The van der Waals surface area contributed by atoms with E-state index in [0.29, 0.717) is 13.1 Å². The lowest BCUT2D eigenvalue weighted by Crippen LogP contribution is -2.40. The molecule has 0 bridgehead atoms. The lowest BCUT2D eigenvalue weighted by atomic mass is 10.0. The van der Waals surface area contributed by atoms with E-state index in [0.717, 1.165) is 11.3 Å². The highest BCUT2D eigenvalue weighted by Gasteiger charge is 2.24. The predicted octanol–water partition coefficient (Wildman–Crippen LogP) is 1.40. The Morgan fingerprint density at radius 3 is 2.50 bits per heavy atom. The van der Waals surface area contributed by atoms with Crippen molar-refractivity contribution in [2.75, 3.05) is 27.2 Å². The maximum Gasteiger partial charge on any atom is 0.123 e. The van der Waals surface area contributed by atoms with E-state index in [4.69, 9.17) is 10.5 Å². The molecule has 0 aromatic heterocycles. The highest BCUT2D eigenvalue weighted by molar-refractivity contribution is 5.36. The summed E-state index contributed by atoms with van der Waals surface area (Å²) in [5, 5.41) is 9.89. The zero-order valence-corrected chi connectivity index (χ0v) is 11.7. The molecule has 0 aliphatic rings. The van der Waals surface area contributed by atoms with E-state index in [9.17, 15) is 5.11 Å². The molecule has 4 nitrogen and oxygen atoms in total. The molecule has 0 saturated carbocycles. The Kier molecular flexibility index (Phi) is 5.14. The van der Waals surface area contributed by atoms with Gasteiger partial charge >= 0.3 is 0 Å². The Morgan fingerprint density at radius 2 is 2.00 bits per heavy atom. The maximum atomic E-state index is 9.89. The molecule has 102 valence electrons. The first-order valence-corrected chi connectivity index (χ1v) is 6.14. The van der Waals surface area contributed by atoms with Crippen molar-refractivity contribution in [3.8, 4) is 5.75 Å². The average molecular weight is 252 g/mol. The lowest BCUT2D eigenvalue weighted by molar-refractivity contribution is 0.0317. The molecule has 0 aliphatic carbocycles. The Labute approximate surface area is 109 Å². The number of nitrogens with two attached hydrogens (primary N) is 1. The molecule has 0 fully saturated rings. The fourth-order valence-corrected chi connectivity index (χ4v) is 2.21. The van der Waals surface area contributed by atoms with Gasteiger partial charge < -0.3 is 15.6 Å². The van der Waals surface area contributed by atoms with E-state index in [1.807, 2.05) is 31.3 Å². The SMILES string of the molecule is COc1ccccc1C(CN)N(C)CC(C)(C)O. The summed E-state index contributed by atoms with van der Waals surface area (Å²) >= 11 is 0. The number of aliphatic hydroxyl groups is 1. The van der Waals surface area contributed by atoms with E-state index in [-0.39, 0.29) is 6.04 Å². The maximum absolute atomic E-state index is 9.89. The van der Waals surface area contributed by atoms with Crippen molar-refractivity contribution in [1.82, 2.24) is 4.90 Å². The summed E-state index contributed by atoms with van der Waals surface area (Å²) in [5.41, 5.74) is 6.17. The van der Waals surface area contributed by atoms with Gasteiger partial charge in [-0.2, -0.15) is 0 Å². The van der Waals surface area contributed by atoms with Crippen molar-refractivity contribution in [1.29, 1.82) is 0 Å². The van der Waals surface area contributed by atoms with Crippen molar-refractivity contribution in [3.05, 3.63) is 29.8 Å². The van der Waals surface area contributed by atoms with Crippen LogP contribution in [0.4, 0.5) is 0 Å².